The van der Waals surface area contributed by atoms with Gasteiger partial charge < -0.3 is 15.4 Å². The molecule has 0 radical (unpaired) electrons. The second-order valence-corrected chi connectivity index (χ2v) is 5.00. The molecule has 0 aromatic heterocycles. The van der Waals surface area contributed by atoms with Crippen molar-refractivity contribution in [3.05, 3.63) is 29.8 Å². The maximum Gasteiger partial charge on any atom is 0.229 e. The minimum absolute atomic E-state index is 0.00889. The molecule has 1 aromatic rings. The lowest BCUT2D eigenvalue weighted by atomic mass is 10.0. The molecule has 106 valence electrons. The monoisotopic (exact) mass is 264 g/mol. The number of ether oxygens (including phenoxy) is 1. The van der Waals surface area contributed by atoms with Crippen molar-refractivity contribution in [2.45, 2.75) is 32.3 Å². The first-order chi connectivity index (χ1) is 8.99. The van der Waals surface area contributed by atoms with Crippen LogP contribution in [-0.2, 0) is 9.53 Å². The van der Waals surface area contributed by atoms with Gasteiger partial charge in [0.15, 0.2) is 0 Å². The number of hydrogen-bond donors (Lipinski definition) is 1. The van der Waals surface area contributed by atoms with E-state index in [9.17, 15) is 4.79 Å². The van der Waals surface area contributed by atoms with Gasteiger partial charge in [-0.25, -0.2) is 0 Å². The molecule has 1 amide bonds. The van der Waals surface area contributed by atoms with E-state index in [0.717, 1.165) is 5.69 Å². The predicted octanol–water partition coefficient (Wildman–Crippen LogP) is 2.14. The number of amides is 1. The van der Waals surface area contributed by atoms with Crippen LogP contribution in [0.4, 0.5) is 5.69 Å². The quantitative estimate of drug-likeness (QED) is 0.856. The van der Waals surface area contributed by atoms with E-state index in [1.54, 1.807) is 19.1 Å². The van der Waals surface area contributed by atoms with Crippen LogP contribution in [0.3, 0.4) is 0 Å². The Hall–Kier alpha value is -1.39. The van der Waals surface area contributed by atoms with E-state index in [-0.39, 0.29) is 12.0 Å². The molecule has 0 aliphatic rings. The Morgan fingerprint density at radius 3 is 2.32 bits per heavy atom. The highest BCUT2D eigenvalue weighted by atomic mass is 16.5. The van der Waals surface area contributed by atoms with Gasteiger partial charge in [0.25, 0.3) is 0 Å². The van der Waals surface area contributed by atoms with E-state index in [0.29, 0.717) is 18.9 Å². The molecule has 0 aliphatic carbocycles. The van der Waals surface area contributed by atoms with Crippen LogP contribution in [0.2, 0.25) is 0 Å². The summed E-state index contributed by atoms with van der Waals surface area (Å²) in [7, 11) is 3.35. The highest BCUT2D eigenvalue weighted by molar-refractivity contribution is 5.93. The number of benzene rings is 1. The number of carbonyl (C=O) groups excluding carboxylic acids is 1. The number of rotatable bonds is 6. The molecule has 4 nitrogen and oxygen atoms in total. The number of nitrogens with two attached hydrogens (primary N) is 1. The van der Waals surface area contributed by atoms with E-state index in [2.05, 4.69) is 26.0 Å². The summed E-state index contributed by atoms with van der Waals surface area (Å²) < 4.78 is 5.13. The lowest BCUT2D eigenvalue weighted by Gasteiger charge is -2.20. The van der Waals surface area contributed by atoms with Crippen molar-refractivity contribution in [2.75, 3.05) is 25.6 Å². The van der Waals surface area contributed by atoms with Gasteiger partial charge in [0.05, 0.1) is 12.5 Å². The summed E-state index contributed by atoms with van der Waals surface area (Å²) >= 11 is 0. The summed E-state index contributed by atoms with van der Waals surface area (Å²) in [5, 5.41) is 0. The number of methoxy groups -OCH3 is 1. The van der Waals surface area contributed by atoms with Gasteiger partial charge >= 0.3 is 0 Å². The van der Waals surface area contributed by atoms with Crippen molar-refractivity contribution in [1.29, 1.82) is 0 Å². The minimum atomic E-state index is -0.218. The van der Waals surface area contributed by atoms with Gasteiger partial charge in [-0.05, 0) is 23.6 Å². The Balaban J connectivity index is 2.71. The first-order valence-electron chi connectivity index (χ1n) is 6.59. The fraction of sp³-hybridized carbons (Fsp3) is 0.533. The summed E-state index contributed by atoms with van der Waals surface area (Å²) in [5.74, 6) is 0.500. The lowest BCUT2D eigenvalue weighted by Crippen LogP contribution is -2.33. The third-order valence-electron chi connectivity index (χ3n) is 3.32. The summed E-state index contributed by atoms with van der Waals surface area (Å²) in [6.45, 7) is 4.64. The average Bonchev–Trinajstić information content (AvgIpc) is 2.43. The van der Waals surface area contributed by atoms with E-state index in [1.807, 2.05) is 12.1 Å². The first-order valence-corrected chi connectivity index (χ1v) is 6.59. The second-order valence-electron chi connectivity index (χ2n) is 5.00. The van der Waals surface area contributed by atoms with Gasteiger partial charge in [-0.2, -0.15) is 0 Å². The smallest absolute Gasteiger partial charge is 0.229 e. The van der Waals surface area contributed by atoms with Crippen LogP contribution in [0.15, 0.2) is 24.3 Å². The van der Waals surface area contributed by atoms with Crippen molar-refractivity contribution < 1.29 is 9.53 Å². The van der Waals surface area contributed by atoms with E-state index in [4.69, 9.17) is 10.5 Å². The van der Waals surface area contributed by atoms with E-state index >= 15 is 0 Å². The summed E-state index contributed by atoms with van der Waals surface area (Å²) in [6, 6.07) is 8.05. The molecular formula is C15H24N2O2. The van der Waals surface area contributed by atoms with Crippen LogP contribution in [0.25, 0.3) is 0 Å². The molecule has 0 heterocycles. The summed E-state index contributed by atoms with van der Waals surface area (Å²) in [4.78, 5) is 13.7. The maximum atomic E-state index is 12.1. The Morgan fingerprint density at radius 1 is 1.32 bits per heavy atom. The Kier molecular flexibility index (Phi) is 5.99. The van der Waals surface area contributed by atoms with Crippen LogP contribution in [0.1, 0.15) is 31.7 Å². The molecule has 0 saturated carbocycles. The molecule has 0 saturated heterocycles. The van der Waals surface area contributed by atoms with Crippen LogP contribution in [0.5, 0.6) is 0 Å². The molecule has 0 fully saturated rings. The Bertz CT molecular complexity index is 397. The van der Waals surface area contributed by atoms with Gasteiger partial charge in [0.2, 0.25) is 5.91 Å². The Morgan fingerprint density at radius 2 is 1.89 bits per heavy atom. The molecular weight excluding hydrogens is 240 g/mol. The topological polar surface area (TPSA) is 55.6 Å². The van der Waals surface area contributed by atoms with Crippen molar-refractivity contribution in [2.24, 2.45) is 5.73 Å². The Labute approximate surface area is 115 Å². The molecule has 1 rings (SSSR count). The van der Waals surface area contributed by atoms with Gasteiger partial charge in [-0.15, -0.1) is 0 Å². The molecule has 2 N–H and O–H groups in total. The normalized spacial score (nSPS) is 12.5. The molecule has 1 atom stereocenters. The van der Waals surface area contributed by atoms with Crippen molar-refractivity contribution in [3.63, 3.8) is 0 Å². The third kappa shape index (κ3) is 4.33. The van der Waals surface area contributed by atoms with Crippen LogP contribution in [0, 0.1) is 0 Å². The highest BCUT2D eigenvalue weighted by Crippen LogP contribution is 2.20. The zero-order valence-electron chi connectivity index (χ0n) is 12.2. The molecule has 19 heavy (non-hydrogen) atoms. The van der Waals surface area contributed by atoms with Gasteiger partial charge in [-0.3, -0.25) is 4.79 Å². The molecule has 4 heteroatoms. The second kappa shape index (κ2) is 7.26. The zero-order valence-corrected chi connectivity index (χ0v) is 12.2. The van der Waals surface area contributed by atoms with Crippen molar-refractivity contribution in [3.8, 4) is 0 Å². The van der Waals surface area contributed by atoms with Crippen LogP contribution >= 0.6 is 0 Å². The van der Waals surface area contributed by atoms with Gasteiger partial charge in [-0.1, -0.05) is 26.0 Å². The average molecular weight is 264 g/mol. The highest BCUT2D eigenvalue weighted by Gasteiger charge is 2.16. The number of hydrogen-bond acceptors (Lipinski definition) is 3. The standard InChI is InChI=1S/C15H24N2O2/c1-11(2)12-5-7-13(8-6-12)17(3)15(18)9-14(10-16)19-4/h5-8,11,14H,9-10,16H2,1-4H3. The SMILES string of the molecule is COC(CN)CC(=O)N(C)c1ccc(C(C)C)cc1. The maximum absolute atomic E-state index is 12.1. The van der Waals surface area contributed by atoms with E-state index < -0.39 is 0 Å². The first kappa shape index (κ1) is 15.7. The third-order valence-corrected chi connectivity index (χ3v) is 3.32. The number of anilines is 1. The number of carbonyl (C=O) groups is 1. The van der Waals surface area contributed by atoms with Gasteiger partial charge in [0, 0.05) is 26.4 Å². The summed E-state index contributed by atoms with van der Waals surface area (Å²) in [6.07, 6.45) is 0.0833. The summed E-state index contributed by atoms with van der Waals surface area (Å²) in [5.41, 5.74) is 7.68. The van der Waals surface area contributed by atoms with Gasteiger partial charge in [0.1, 0.15) is 0 Å². The molecule has 0 spiro atoms. The molecule has 0 bridgehead atoms. The number of nitrogens with zero attached hydrogens (tertiary/aromatic N) is 1. The van der Waals surface area contributed by atoms with Crippen LogP contribution in [-0.4, -0.2) is 32.7 Å². The predicted molar refractivity (Wildman–Crippen MR) is 78.4 cm³/mol. The van der Waals surface area contributed by atoms with E-state index in [1.165, 1.54) is 5.56 Å². The lowest BCUT2D eigenvalue weighted by molar-refractivity contribution is -0.120. The molecule has 1 aromatic carbocycles. The minimum Gasteiger partial charge on any atom is -0.380 e. The van der Waals surface area contributed by atoms with Crippen LogP contribution < -0.4 is 10.6 Å². The molecule has 1 unspecified atom stereocenters. The largest absolute Gasteiger partial charge is 0.380 e. The fourth-order valence-corrected chi connectivity index (χ4v) is 1.82. The molecule has 0 aliphatic heterocycles. The van der Waals surface area contributed by atoms with Crippen molar-refractivity contribution >= 4 is 11.6 Å². The van der Waals surface area contributed by atoms with Crippen molar-refractivity contribution in [1.82, 2.24) is 0 Å². The fourth-order valence-electron chi connectivity index (χ4n) is 1.82. The zero-order chi connectivity index (χ0) is 14.4.